The number of nitrogens with one attached hydrogen (secondary N) is 2. The lowest BCUT2D eigenvalue weighted by atomic mass is 10.1. The summed E-state index contributed by atoms with van der Waals surface area (Å²) >= 11 is 0. The molecule has 0 aromatic heterocycles. The molecule has 2 N–H and O–H groups in total. The Hall–Kier alpha value is -2.97. The first-order chi connectivity index (χ1) is 11.9. The molecule has 0 unspecified atom stereocenters. The van der Waals surface area contributed by atoms with Gasteiger partial charge in [0.2, 0.25) is 0 Å². The Bertz CT molecular complexity index is 697. The highest BCUT2D eigenvalue weighted by Gasteiger charge is 2.21. The summed E-state index contributed by atoms with van der Waals surface area (Å²) in [5.74, 6) is -1.64. The molecular formula is C16H19N3O6. The Morgan fingerprint density at radius 3 is 2.60 bits per heavy atom. The normalized spacial score (nSPS) is 14.0. The largest absolute Gasteiger partial charge is 0.452 e. The molecule has 1 saturated carbocycles. The van der Waals surface area contributed by atoms with Crippen LogP contribution in [0.1, 0.15) is 41.6 Å². The average molecular weight is 349 g/mol. The van der Waals surface area contributed by atoms with Crippen LogP contribution in [0, 0.1) is 17.0 Å². The molecule has 0 radical (unpaired) electrons. The first kappa shape index (κ1) is 18.4. The van der Waals surface area contributed by atoms with Crippen molar-refractivity contribution in [1.82, 2.24) is 10.6 Å². The van der Waals surface area contributed by atoms with Crippen LogP contribution < -0.4 is 10.6 Å². The molecule has 1 fully saturated rings. The lowest BCUT2D eigenvalue weighted by Gasteiger charge is -2.12. The molecule has 1 aliphatic carbocycles. The molecule has 0 heterocycles. The van der Waals surface area contributed by atoms with Gasteiger partial charge in [0.05, 0.1) is 10.5 Å². The van der Waals surface area contributed by atoms with Crippen LogP contribution in [0.4, 0.5) is 10.5 Å². The second kappa shape index (κ2) is 8.22. The predicted octanol–water partition coefficient (Wildman–Crippen LogP) is 1.83. The molecule has 1 aromatic rings. The van der Waals surface area contributed by atoms with Crippen molar-refractivity contribution < 1.29 is 24.0 Å². The number of hydrogen-bond donors (Lipinski definition) is 2. The Kier molecular flexibility index (Phi) is 6.04. The molecule has 25 heavy (non-hydrogen) atoms. The van der Waals surface area contributed by atoms with Crippen molar-refractivity contribution in [2.75, 3.05) is 6.61 Å². The molecule has 0 atom stereocenters. The first-order valence-corrected chi connectivity index (χ1v) is 7.90. The quantitative estimate of drug-likeness (QED) is 0.474. The van der Waals surface area contributed by atoms with Gasteiger partial charge in [0.15, 0.2) is 6.61 Å². The summed E-state index contributed by atoms with van der Waals surface area (Å²) in [6, 6.07) is 3.43. The van der Waals surface area contributed by atoms with Crippen molar-refractivity contribution in [2.45, 2.75) is 38.6 Å². The van der Waals surface area contributed by atoms with Crippen molar-refractivity contribution in [3.8, 4) is 0 Å². The number of hydrogen-bond acceptors (Lipinski definition) is 6. The number of urea groups is 1. The molecule has 134 valence electrons. The molecule has 3 amide bonds. The summed E-state index contributed by atoms with van der Waals surface area (Å²) < 4.78 is 4.82. The third-order valence-electron chi connectivity index (χ3n) is 4.00. The molecule has 0 bridgehead atoms. The smallest absolute Gasteiger partial charge is 0.339 e. The highest BCUT2D eigenvalue weighted by molar-refractivity contribution is 5.97. The first-order valence-electron chi connectivity index (χ1n) is 7.90. The third-order valence-corrected chi connectivity index (χ3v) is 4.00. The second-order valence-electron chi connectivity index (χ2n) is 5.79. The summed E-state index contributed by atoms with van der Waals surface area (Å²) in [4.78, 5) is 45.6. The molecule has 0 aliphatic heterocycles. The Labute approximate surface area is 143 Å². The number of amides is 3. The highest BCUT2D eigenvalue weighted by atomic mass is 16.6. The van der Waals surface area contributed by atoms with E-state index in [4.69, 9.17) is 4.74 Å². The van der Waals surface area contributed by atoms with Crippen molar-refractivity contribution in [2.24, 2.45) is 0 Å². The van der Waals surface area contributed by atoms with Crippen LogP contribution in [0.5, 0.6) is 0 Å². The highest BCUT2D eigenvalue weighted by Crippen LogP contribution is 2.21. The maximum absolute atomic E-state index is 12.0. The molecule has 9 nitrogen and oxygen atoms in total. The summed E-state index contributed by atoms with van der Waals surface area (Å²) in [5, 5.41) is 15.6. The predicted molar refractivity (Wildman–Crippen MR) is 87.0 cm³/mol. The van der Waals surface area contributed by atoms with Crippen LogP contribution >= 0.6 is 0 Å². The fraction of sp³-hybridized carbons (Fsp3) is 0.438. The van der Waals surface area contributed by atoms with E-state index >= 15 is 0 Å². The van der Waals surface area contributed by atoms with Gasteiger partial charge in [-0.15, -0.1) is 0 Å². The number of carbonyl (C=O) groups excluding carboxylic acids is 3. The van der Waals surface area contributed by atoms with Crippen molar-refractivity contribution >= 4 is 23.6 Å². The minimum absolute atomic E-state index is 0.00240. The summed E-state index contributed by atoms with van der Waals surface area (Å²) in [6.07, 6.45) is 3.84. The van der Waals surface area contributed by atoms with Gasteiger partial charge in [-0.05, 0) is 25.8 Å². The number of benzene rings is 1. The zero-order valence-electron chi connectivity index (χ0n) is 13.7. The second-order valence-corrected chi connectivity index (χ2v) is 5.79. The fourth-order valence-electron chi connectivity index (χ4n) is 2.71. The Morgan fingerprint density at radius 2 is 1.96 bits per heavy atom. The van der Waals surface area contributed by atoms with Crippen molar-refractivity contribution in [3.63, 3.8) is 0 Å². The van der Waals surface area contributed by atoms with Gasteiger partial charge in [-0.2, -0.15) is 0 Å². The minimum atomic E-state index is -0.868. The number of carbonyl (C=O) groups is 3. The van der Waals surface area contributed by atoms with E-state index in [2.05, 4.69) is 10.6 Å². The lowest BCUT2D eigenvalue weighted by molar-refractivity contribution is -0.385. The van der Waals surface area contributed by atoms with E-state index in [-0.39, 0.29) is 22.9 Å². The molecule has 2 rings (SSSR count). The van der Waals surface area contributed by atoms with Gasteiger partial charge in [0.25, 0.3) is 11.6 Å². The number of ether oxygens (including phenoxy) is 1. The SMILES string of the molecule is Cc1c(C(=O)OCC(=O)NC(=O)NC2CCCC2)cccc1[N+](=O)[O-]. The molecule has 1 aromatic carbocycles. The summed E-state index contributed by atoms with van der Waals surface area (Å²) in [5.41, 5.74) is -0.0656. The maximum atomic E-state index is 12.0. The minimum Gasteiger partial charge on any atom is -0.452 e. The van der Waals surface area contributed by atoms with Gasteiger partial charge in [0.1, 0.15) is 0 Å². The zero-order chi connectivity index (χ0) is 18.4. The van der Waals surface area contributed by atoms with Gasteiger partial charge in [-0.25, -0.2) is 9.59 Å². The zero-order valence-corrected chi connectivity index (χ0v) is 13.7. The molecule has 0 spiro atoms. The number of imide groups is 1. The number of nitro groups is 1. The summed E-state index contributed by atoms with van der Waals surface area (Å²) in [7, 11) is 0. The number of nitro benzene ring substituents is 1. The van der Waals surface area contributed by atoms with Gasteiger partial charge in [0, 0.05) is 17.7 Å². The third kappa shape index (κ3) is 5.00. The van der Waals surface area contributed by atoms with E-state index in [9.17, 15) is 24.5 Å². The van der Waals surface area contributed by atoms with Crippen LogP contribution in [0.3, 0.4) is 0 Å². The van der Waals surface area contributed by atoms with E-state index in [1.807, 2.05) is 0 Å². The molecule has 9 heteroatoms. The van der Waals surface area contributed by atoms with E-state index in [0.717, 1.165) is 25.7 Å². The molecular weight excluding hydrogens is 330 g/mol. The van der Waals surface area contributed by atoms with Crippen LogP contribution in [0.25, 0.3) is 0 Å². The monoisotopic (exact) mass is 349 g/mol. The van der Waals surface area contributed by atoms with Gasteiger partial charge in [-0.1, -0.05) is 18.9 Å². The van der Waals surface area contributed by atoms with Gasteiger partial charge < -0.3 is 10.1 Å². The topological polar surface area (TPSA) is 128 Å². The van der Waals surface area contributed by atoms with E-state index in [1.165, 1.54) is 25.1 Å². The van der Waals surface area contributed by atoms with Crippen LogP contribution in [-0.2, 0) is 9.53 Å². The molecule has 1 aliphatic rings. The van der Waals surface area contributed by atoms with E-state index in [0.29, 0.717) is 0 Å². The van der Waals surface area contributed by atoms with Crippen LogP contribution in [0.2, 0.25) is 0 Å². The van der Waals surface area contributed by atoms with Crippen molar-refractivity contribution in [1.29, 1.82) is 0 Å². The maximum Gasteiger partial charge on any atom is 0.339 e. The lowest BCUT2D eigenvalue weighted by Crippen LogP contribution is -2.45. The Morgan fingerprint density at radius 1 is 1.28 bits per heavy atom. The van der Waals surface area contributed by atoms with Gasteiger partial charge in [-0.3, -0.25) is 20.2 Å². The number of rotatable bonds is 5. The van der Waals surface area contributed by atoms with Gasteiger partial charge >= 0.3 is 12.0 Å². The van der Waals surface area contributed by atoms with E-state index in [1.54, 1.807) is 0 Å². The molecule has 0 saturated heterocycles. The number of esters is 1. The Balaban J connectivity index is 1.85. The van der Waals surface area contributed by atoms with Crippen LogP contribution in [0.15, 0.2) is 18.2 Å². The van der Waals surface area contributed by atoms with E-state index < -0.39 is 29.4 Å². The number of nitrogens with zero attached hydrogens (tertiary/aromatic N) is 1. The standard InChI is InChI=1S/C16H19N3O6/c1-10-12(7-4-8-13(10)19(23)24)15(21)25-9-14(20)18-16(22)17-11-5-2-3-6-11/h4,7-8,11H,2-3,5-6,9H2,1H3,(H2,17,18,20,22). The average Bonchev–Trinajstić information content (AvgIpc) is 3.05. The van der Waals surface area contributed by atoms with Crippen LogP contribution in [-0.4, -0.2) is 35.5 Å². The summed E-state index contributed by atoms with van der Waals surface area (Å²) in [6.45, 7) is 0.767. The fourth-order valence-corrected chi connectivity index (χ4v) is 2.71. The van der Waals surface area contributed by atoms with Crippen molar-refractivity contribution in [3.05, 3.63) is 39.4 Å².